The van der Waals surface area contributed by atoms with Gasteiger partial charge in [-0.2, -0.15) is 0 Å². The van der Waals surface area contributed by atoms with Crippen LogP contribution in [0, 0.1) is 0 Å². The number of likely N-dealkylation sites (tertiary alicyclic amines) is 1. The van der Waals surface area contributed by atoms with E-state index in [0.717, 1.165) is 80.5 Å². The molecule has 2 aliphatic heterocycles. The van der Waals surface area contributed by atoms with Crippen molar-refractivity contribution in [3.8, 4) is 43.1 Å². The number of hydrogen-bond acceptors (Lipinski definition) is 10. The molecule has 400 valence electrons. The van der Waals surface area contributed by atoms with Crippen molar-refractivity contribution in [3.63, 3.8) is 0 Å². The predicted molar refractivity (Wildman–Crippen MR) is 306 cm³/mol. The SMILES string of the molecule is CC(C)(C)OC(=O)N1CCCCC1.CC(C)(C)OC(=O)N1CCN(C(=O)c2ccc(-c3csc(-c4ccnc(C(C)(C)C)c4)c3)c(Cl)c2)CC1.CC(C)(C)c1cc(-c2cc(-c3ccc(C(=O)O)cc3Cl)cs2)ccn1. The molecule has 0 unspecified atom stereocenters. The molecule has 0 spiro atoms. The summed E-state index contributed by atoms with van der Waals surface area (Å²) < 4.78 is 10.7. The number of piperazine rings is 1. The van der Waals surface area contributed by atoms with Crippen molar-refractivity contribution in [3.05, 3.63) is 129 Å². The summed E-state index contributed by atoms with van der Waals surface area (Å²) in [5, 5.41) is 14.2. The Morgan fingerprint density at radius 3 is 1.31 bits per heavy atom. The highest BCUT2D eigenvalue weighted by Gasteiger charge is 2.29. The van der Waals surface area contributed by atoms with Crippen LogP contribution in [0.1, 0.15) is 134 Å². The molecule has 6 aromatic rings. The number of pyridine rings is 2. The molecular formula is C59H71Cl2N5O7S2. The van der Waals surface area contributed by atoms with Crippen molar-refractivity contribution in [1.29, 1.82) is 0 Å². The van der Waals surface area contributed by atoms with Crippen LogP contribution in [0.4, 0.5) is 9.59 Å². The fraction of sp³-hybridized carbons (Fsp3) is 0.424. The van der Waals surface area contributed by atoms with Crippen LogP contribution in [0.25, 0.3) is 43.1 Å². The third kappa shape index (κ3) is 16.6. The van der Waals surface area contributed by atoms with E-state index in [9.17, 15) is 19.2 Å². The monoisotopic (exact) mass is 1100 g/mol. The molecule has 0 atom stereocenters. The Balaban J connectivity index is 0.000000206. The smallest absolute Gasteiger partial charge is 0.410 e. The van der Waals surface area contributed by atoms with E-state index in [-0.39, 0.29) is 40.1 Å². The average molecular weight is 1100 g/mol. The van der Waals surface area contributed by atoms with Crippen LogP contribution in [0.5, 0.6) is 0 Å². The standard InChI is InChI=1S/C29H34ClN3O3S.C20H18ClNO2S.C10H19NO2/c1-28(2,3)25-17-19(9-10-31-25)24-16-21(18-37-24)22-8-7-20(15-23(22)30)26(34)32-11-13-33(14-12-32)27(35)36-29(4,5)6;1-20(2,3)18-10-12(6-7-22-18)17-9-14(11-25-17)15-5-4-13(19(23)24)8-16(15)21;1-10(2,3)13-9(12)11-7-5-4-6-8-11/h7-10,15-18H,11-14H2,1-6H3;4-11H,1-3H3,(H,23,24);4-8H2,1-3H3. The van der Waals surface area contributed by atoms with Crippen LogP contribution in [0.15, 0.2) is 96.0 Å². The zero-order chi connectivity index (χ0) is 55.0. The van der Waals surface area contributed by atoms with Gasteiger partial charge in [0.05, 0.1) is 5.56 Å². The normalized spacial score (nSPS) is 14.2. The molecule has 6 heterocycles. The van der Waals surface area contributed by atoms with Crippen LogP contribution in [0.2, 0.25) is 10.0 Å². The Bertz CT molecular complexity index is 2960. The van der Waals surface area contributed by atoms with Crippen molar-refractivity contribution < 1.29 is 33.8 Å². The van der Waals surface area contributed by atoms with E-state index in [2.05, 4.69) is 81.2 Å². The third-order valence-electron chi connectivity index (χ3n) is 12.1. The summed E-state index contributed by atoms with van der Waals surface area (Å²) in [6.45, 7) is 27.6. The maximum absolute atomic E-state index is 13.1. The first-order valence-electron chi connectivity index (χ1n) is 25.3. The molecule has 2 aromatic carbocycles. The molecule has 4 aromatic heterocycles. The molecule has 0 radical (unpaired) electrons. The number of carbonyl (C=O) groups is 4. The lowest BCUT2D eigenvalue weighted by Crippen LogP contribution is -2.51. The summed E-state index contributed by atoms with van der Waals surface area (Å²) in [6, 6.07) is 22.8. The largest absolute Gasteiger partial charge is 0.478 e. The number of hydrogen-bond donors (Lipinski definition) is 1. The van der Waals surface area contributed by atoms with Gasteiger partial charge in [-0.3, -0.25) is 14.8 Å². The van der Waals surface area contributed by atoms with Crippen molar-refractivity contribution >= 4 is 69.9 Å². The highest BCUT2D eigenvalue weighted by Crippen LogP contribution is 2.39. The number of aromatic carboxylic acids is 1. The van der Waals surface area contributed by atoms with Gasteiger partial charge in [-0.1, -0.05) is 76.9 Å². The van der Waals surface area contributed by atoms with Crippen molar-refractivity contribution in [2.45, 2.75) is 124 Å². The molecule has 16 heteroatoms. The number of thiophene rings is 2. The van der Waals surface area contributed by atoms with E-state index in [1.165, 1.54) is 12.5 Å². The molecule has 0 aliphatic carbocycles. The number of nitrogens with zero attached hydrogens (tertiary/aromatic N) is 5. The maximum Gasteiger partial charge on any atom is 0.410 e. The number of carbonyl (C=O) groups excluding carboxylic acids is 3. The van der Waals surface area contributed by atoms with Gasteiger partial charge < -0.3 is 29.3 Å². The lowest BCUT2D eigenvalue weighted by molar-refractivity contribution is 0.0140. The summed E-state index contributed by atoms with van der Waals surface area (Å²) >= 11 is 16.2. The Morgan fingerprint density at radius 1 is 0.507 bits per heavy atom. The van der Waals surface area contributed by atoms with Crippen LogP contribution < -0.4 is 0 Å². The number of rotatable bonds is 6. The fourth-order valence-electron chi connectivity index (χ4n) is 8.01. The Labute approximate surface area is 461 Å². The zero-order valence-corrected chi connectivity index (χ0v) is 48.5. The highest BCUT2D eigenvalue weighted by molar-refractivity contribution is 7.14. The first-order valence-corrected chi connectivity index (χ1v) is 27.8. The van der Waals surface area contributed by atoms with Gasteiger partial charge in [0.2, 0.25) is 0 Å². The van der Waals surface area contributed by atoms with Gasteiger partial charge in [-0.15, -0.1) is 22.7 Å². The van der Waals surface area contributed by atoms with Crippen LogP contribution in [-0.2, 0) is 20.3 Å². The average Bonchev–Trinajstić information content (AvgIpc) is 4.05. The lowest BCUT2D eigenvalue weighted by Gasteiger charge is -2.35. The highest BCUT2D eigenvalue weighted by atomic mass is 35.5. The van der Waals surface area contributed by atoms with Gasteiger partial charge in [-0.05, 0) is 154 Å². The van der Waals surface area contributed by atoms with Gasteiger partial charge in [-0.25, -0.2) is 14.4 Å². The van der Waals surface area contributed by atoms with E-state index in [1.54, 1.807) is 55.6 Å². The number of carboxylic acid groups (broad SMARTS) is 1. The molecule has 1 N–H and O–H groups in total. The summed E-state index contributed by atoms with van der Waals surface area (Å²) in [5.41, 5.74) is 7.85. The second-order valence-electron chi connectivity index (χ2n) is 22.7. The number of carboxylic acids is 1. The number of piperidine rings is 1. The summed E-state index contributed by atoms with van der Waals surface area (Å²) in [4.78, 5) is 64.5. The van der Waals surface area contributed by atoms with Crippen LogP contribution in [-0.4, -0.2) is 104 Å². The van der Waals surface area contributed by atoms with Crippen molar-refractivity contribution in [2.24, 2.45) is 0 Å². The van der Waals surface area contributed by atoms with E-state index in [1.807, 2.05) is 83.6 Å². The van der Waals surface area contributed by atoms with E-state index in [0.29, 0.717) is 41.8 Å². The molecule has 12 nitrogen and oxygen atoms in total. The molecule has 2 fully saturated rings. The van der Waals surface area contributed by atoms with Crippen molar-refractivity contribution in [1.82, 2.24) is 24.7 Å². The molecule has 3 amide bonds. The van der Waals surface area contributed by atoms with Crippen molar-refractivity contribution in [2.75, 3.05) is 39.3 Å². The quantitative estimate of drug-likeness (QED) is 0.172. The summed E-state index contributed by atoms with van der Waals surface area (Å²) in [7, 11) is 0. The number of halogens is 2. The zero-order valence-electron chi connectivity index (χ0n) is 45.3. The molecule has 0 bridgehead atoms. The second-order valence-corrected chi connectivity index (χ2v) is 25.4. The molecule has 0 saturated carbocycles. The molecule has 2 aliphatic rings. The minimum atomic E-state index is -0.981. The number of amides is 3. The first-order chi connectivity index (χ1) is 35.1. The second kappa shape index (κ2) is 24.5. The fourth-order valence-corrected chi connectivity index (χ4v) is 10.4. The van der Waals surface area contributed by atoms with E-state index < -0.39 is 11.6 Å². The first kappa shape index (κ1) is 58.5. The third-order valence-corrected chi connectivity index (χ3v) is 14.7. The lowest BCUT2D eigenvalue weighted by atomic mass is 9.90. The van der Waals surface area contributed by atoms with Gasteiger partial charge in [0.15, 0.2) is 0 Å². The van der Waals surface area contributed by atoms with Gasteiger partial charge in [0, 0.05) is 110 Å². The Morgan fingerprint density at radius 2 is 0.907 bits per heavy atom. The molecular weight excluding hydrogens is 1030 g/mol. The maximum atomic E-state index is 13.1. The van der Waals surface area contributed by atoms with Gasteiger partial charge in [0.1, 0.15) is 11.2 Å². The summed E-state index contributed by atoms with van der Waals surface area (Å²) in [5.74, 6) is -1.07. The number of ether oxygens (including phenoxy) is 2. The minimum absolute atomic E-state index is 0.00787. The van der Waals surface area contributed by atoms with E-state index >= 15 is 0 Å². The molecule has 75 heavy (non-hydrogen) atoms. The predicted octanol–water partition coefficient (Wildman–Crippen LogP) is 15.7. The molecule has 2 saturated heterocycles. The number of aromatic nitrogens is 2. The van der Waals surface area contributed by atoms with E-state index in [4.69, 9.17) is 37.8 Å². The van der Waals surface area contributed by atoms with Crippen LogP contribution >= 0.6 is 45.9 Å². The molecule has 8 rings (SSSR count). The summed E-state index contributed by atoms with van der Waals surface area (Å²) in [6.07, 6.45) is 6.65. The Kier molecular flexibility index (Phi) is 19.1. The topological polar surface area (TPSA) is 142 Å². The van der Waals surface area contributed by atoms with Gasteiger partial charge >= 0.3 is 18.2 Å². The minimum Gasteiger partial charge on any atom is -0.478 e. The van der Waals surface area contributed by atoms with Gasteiger partial charge in [0.25, 0.3) is 5.91 Å². The Hall–Kier alpha value is -5.80. The van der Waals surface area contributed by atoms with Crippen LogP contribution in [0.3, 0.4) is 0 Å². The number of benzene rings is 2.